The van der Waals surface area contributed by atoms with Crippen molar-refractivity contribution in [1.82, 2.24) is 4.98 Å². The number of aryl methyl sites for hydroxylation is 1. The first kappa shape index (κ1) is 11.6. The zero-order valence-electron chi connectivity index (χ0n) is 10.2. The second kappa shape index (κ2) is 4.31. The van der Waals surface area contributed by atoms with Gasteiger partial charge in [-0.2, -0.15) is 0 Å². The Morgan fingerprint density at radius 3 is 2.84 bits per heavy atom. The number of nitrogens with zero attached hydrogens (tertiary/aromatic N) is 1. The van der Waals surface area contributed by atoms with E-state index >= 15 is 0 Å². The highest BCUT2D eigenvalue weighted by Gasteiger charge is 2.21. The highest BCUT2D eigenvalue weighted by Crippen LogP contribution is 2.36. The minimum absolute atomic E-state index is 0.116. The molecule has 0 radical (unpaired) electrons. The smallest absolute Gasteiger partial charge is 0.373 e. The molecular weight excluding hydrogens is 250 g/mol. The summed E-state index contributed by atoms with van der Waals surface area (Å²) in [5, 5.41) is 9.03. The molecule has 0 saturated carbocycles. The molecule has 6 nitrogen and oxygen atoms in total. The summed E-state index contributed by atoms with van der Waals surface area (Å²) in [6.45, 7) is 2.01. The highest BCUT2D eigenvalue weighted by molar-refractivity contribution is 5.86. The van der Waals surface area contributed by atoms with Crippen molar-refractivity contribution in [3.05, 3.63) is 29.7 Å². The zero-order chi connectivity index (χ0) is 13.4. The Kier molecular flexibility index (Phi) is 2.63. The zero-order valence-corrected chi connectivity index (χ0v) is 10.2. The number of ether oxygens (including phenoxy) is 2. The van der Waals surface area contributed by atoms with Gasteiger partial charge in [-0.1, -0.05) is 6.92 Å². The van der Waals surface area contributed by atoms with E-state index in [9.17, 15) is 4.79 Å². The van der Waals surface area contributed by atoms with Gasteiger partial charge < -0.3 is 19.0 Å². The lowest BCUT2D eigenvalue weighted by Gasteiger charge is -1.98. The maximum absolute atomic E-state index is 11.0. The second-order valence-corrected chi connectivity index (χ2v) is 4.02. The molecule has 1 aliphatic rings. The predicted molar refractivity (Wildman–Crippen MR) is 64.4 cm³/mol. The summed E-state index contributed by atoms with van der Waals surface area (Å²) in [5.41, 5.74) is 1.09. The molecule has 0 fully saturated rings. The fourth-order valence-electron chi connectivity index (χ4n) is 1.91. The summed E-state index contributed by atoms with van der Waals surface area (Å²) in [4.78, 5) is 15.2. The first-order chi connectivity index (χ1) is 9.19. The van der Waals surface area contributed by atoms with Gasteiger partial charge in [-0.05, 0) is 24.6 Å². The normalized spacial score (nSPS) is 12.7. The van der Waals surface area contributed by atoms with Gasteiger partial charge in [-0.25, -0.2) is 9.78 Å². The van der Waals surface area contributed by atoms with E-state index in [4.69, 9.17) is 19.0 Å². The van der Waals surface area contributed by atoms with Crippen LogP contribution in [-0.2, 0) is 6.42 Å². The number of carboxylic acid groups (broad SMARTS) is 1. The number of hydrogen-bond acceptors (Lipinski definition) is 5. The number of hydrogen-bond donors (Lipinski definition) is 1. The number of carboxylic acids is 1. The molecule has 0 unspecified atom stereocenters. The monoisotopic (exact) mass is 261 g/mol. The van der Waals surface area contributed by atoms with Crippen LogP contribution in [0.3, 0.4) is 0 Å². The van der Waals surface area contributed by atoms with Crippen LogP contribution in [0, 0.1) is 0 Å². The average Bonchev–Trinajstić information content (AvgIpc) is 3.04. The Bertz CT molecular complexity index is 646. The summed E-state index contributed by atoms with van der Waals surface area (Å²) in [6.07, 6.45) is 0.496. The van der Waals surface area contributed by atoms with E-state index in [-0.39, 0.29) is 18.4 Å². The maximum atomic E-state index is 11.0. The third kappa shape index (κ3) is 1.91. The maximum Gasteiger partial charge on any atom is 0.373 e. The van der Waals surface area contributed by atoms with Crippen molar-refractivity contribution in [2.24, 2.45) is 0 Å². The van der Waals surface area contributed by atoms with Gasteiger partial charge in [0.05, 0.1) is 5.69 Å². The fourth-order valence-corrected chi connectivity index (χ4v) is 1.91. The second-order valence-electron chi connectivity index (χ2n) is 4.02. The third-order valence-electron chi connectivity index (χ3n) is 2.85. The van der Waals surface area contributed by atoms with Gasteiger partial charge in [0.2, 0.25) is 18.4 Å². The van der Waals surface area contributed by atoms with Crippen LogP contribution in [0.25, 0.3) is 11.5 Å². The molecule has 0 amide bonds. The van der Waals surface area contributed by atoms with Crippen molar-refractivity contribution in [3.63, 3.8) is 0 Å². The van der Waals surface area contributed by atoms with Crippen molar-refractivity contribution in [1.29, 1.82) is 0 Å². The van der Waals surface area contributed by atoms with Gasteiger partial charge in [0.25, 0.3) is 0 Å². The van der Waals surface area contributed by atoms with E-state index in [0.717, 1.165) is 0 Å². The summed E-state index contributed by atoms with van der Waals surface area (Å²) in [6, 6.07) is 5.22. The van der Waals surface area contributed by atoms with Crippen molar-refractivity contribution in [2.75, 3.05) is 6.79 Å². The average molecular weight is 261 g/mol. The minimum atomic E-state index is -1.11. The van der Waals surface area contributed by atoms with Gasteiger partial charge in [0.1, 0.15) is 0 Å². The molecule has 1 aromatic heterocycles. The van der Waals surface area contributed by atoms with Crippen LogP contribution in [-0.4, -0.2) is 22.9 Å². The van der Waals surface area contributed by atoms with Crippen molar-refractivity contribution in [3.8, 4) is 23.0 Å². The molecule has 19 heavy (non-hydrogen) atoms. The highest BCUT2D eigenvalue weighted by atomic mass is 16.7. The van der Waals surface area contributed by atoms with Crippen LogP contribution < -0.4 is 9.47 Å². The quantitative estimate of drug-likeness (QED) is 0.913. The minimum Gasteiger partial charge on any atom is -0.475 e. The van der Waals surface area contributed by atoms with Gasteiger partial charge >= 0.3 is 5.97 Å². The van der Waals surface area contributed by atoms with Crippen molar-refractivity contribution in [2.45, 2.75) is 13.3 Å². The van der Waals surface area contributed by atoms with Gasteiger partial charge in [-0.3, -0.25) is 0 Å². The lowest BCUT2D eigenvalue weighted by atomic mass is 10.2. The van der Waals surface area contributed by atoms with Crippen LogP contribution in [0.4, 0.5) is 0 Å². The largest absolute Gasteiger partial charge is 0.475 e. The van der Waals surface area contributed by atoms with Crippen LogP contribution >= 0.6 is 0 Å². The van der Waals surface area contributed by atoms with E-state index in [1.807, 2.05) is 6.92 Å². The lowest BCUT2D eigenvalue weighted by Crippen LogP contribution is -1.98. The third-order valence-corrected chi connectivity index (χ3v) is 2.85. The van der Waals surface area contributed by atoms with Crippen LogP contribution in [0.1, 0.15) is 23.2 Å². The molecule has 2 aromatic rings. The summed E-state index contributed by atoms with van der Waals surface area (Å²) < 4.78 is 15.8. The topological polar surface area (TPSA) is 81.8 Å². The first-order valence-electron chi connectivity index (χ1n) is 5.82. The van der Waals surface area contributed by atoms with E-state index < -0.39 is 5.97 Å². The molecule has 0 bridgehead atoms. The molecule has 0 aliphatic carbocycles. The lowest BCUT2D eigenvalue weighted by molar-refractivity contribution is 0.0662. The molecule has 98 valence electrons. The number of benzene rings is 1. The molecule has 0 saturated heterocycles. The molecule has 1 aliphatic heterocycles. The number of aromatic nitrogens is 1. The molecule has 3 rings (SSSR count). The molecule has 0 atom stereocenters. The van der Waals surface area contributed by atoms with Crippen molar-refractivity contribution >= 4 is 5.97 Å². The van der Waals surface area contributed by atoms with Crippen LogP contribution in [0.15, 0.2) is 22.6 Å². The number of oxazole rings is 1. The fraction of sp³-hybridized carbons (Fsp3) is 0.231. The Hall–Kier alpha value is -2.50. The molecule has 1 N–H and O–H groups in total. The molecule has 1 aromatic carbocycles. The number of aromatic carboxylic acids is 1. The Morgan fingerprint density at radius 2 is 2.16 bits per heavy atom. The molecule has 2 heterocycles. The summed E-state index contributed by atoms with van der Waals surface area (Å²) >= 11 is 0. The molecule has 6 heteroatoms. The van der Waals surface area contributed by atoms with Crippen molar-refractivity contribution < 1.29 is 23.8 Å². The van der Waals surface area contributed by atoms with E-state index in [1.165, 1.54) is 0 Å². The van der Waals surface area contributed by atoms with Crippen LogP contribution in [0.2, 0.25) is 0 Å². The van der Waals surface area contributed by atoms with Crippen LogP contribution in [0.5, 0.6) is 11.5 Å². The van der Waals surface area contributed by atoms with Gasteiger partial charge in [0.15, 0.2) is 11.5 Å². The molecule has 0 spiro atoms. The van der Waals surface area contributed by atoms with E-state index in [2.05, 4.69) is 4.98 Å². The Balaban J connectivity index is 2.04. The van der Waals surface area contributed by atoms with E-state index in [0.29, 0.717) is 29.2 Å². The number of fused-ring (bicyclic) bond motifs is 1. The SMILES string of the molecule is CCc1nc(-c2ccc3c(c2)OCO3)oc1C(=O)O. The standard InChI is InChI=1S/C13H11NO5/c1-2-8-11(13(15)16)19-12(14-8)7-3-4-9-10(5-7)18-6-17-9/h3-5H,2,6H2,1H3,(H,15,16). The number of carbonyl (C=O) groups is 1. The summed E-state index contributed by atoms with van der Waals surface area (Å²) in [7, 11) is 0. The van der Waals surface area contributed by atoms with Gasteiger partial charge in [-0.15, -0.1) is 0 Å². The van der Waals surface area contributed by atoms with Gasteiger partial charge in [0, 0.05) is 5.56 Å². The number of rotatable bonds is 3. The van der Waals surface area contributed by atoms with E-state index in [1.54, 1.807) is 18.2 Å². The molecular formula is C13H11NO5. The summed E-state index contributed by atoms with van der Waals surface area (Å²) in [5.74, 6) is 0.300. The Labute approximate surface area is 108 Å². The first-order valence-corrected chi connectivity index (χ1v) is 5.82. The Morgan fingerprint density at radius 1 is 1.37 bits per heavy atom. The predicted octanol–water partition coefficient (Wildman–Crippen LogP) is 2.33.